The Hall–Kier alpha value is -3.24. The van der Waals surface area contributed by atoms with Crippen molar-refractivity contribution in [1.82, 2.24) is 20.2 Å². The quantitative estimate of drug-likeness (QED) is 0.429. The molecule has 6 aliphatic rings. The number of fused-ring (bicyclic) bond motifs is 7. The SMILES string of the molecule is Oc1cc(N2CCc3c(nc(OC[C@]45CCCN4[C@H]4CCC[C@@]4(F)C5)nc3N3CC4CCC(C3)N4)C2)c2c(F)cccc2c1. The van der Waals surface area contributed by atoms with Gasteiger partial charge in [0.2, 0.25) is 0 Å². The zero-order chi connectivity index (χ0) is 29.6. The standard InChI is InChI=1S/C34H40F2N6O2/c35-26-5-1-4-21-14-24(43)15-28(30(21)26)40-13-9-25-27(18-40)38-32(39-31(25)41-16-22-7-8-23(17-41)37-22)44-20-33-10-3-12-42(33)29-6-2-11-34(29,36)19-33/h1,4-5,14-15,22-23,29,37,43H,2-3,6-13,16-20H2/t22?,23?,29-,33+,34+/m0/s1. The van der Waals surface area contributed by atoms with Gasteiger partial charge in [0.15, 0.2) is 0 Å². The predicted molar refractivity (Wildman–Crippen MR) is 165 cm³/mol. The number of halogens is 2. The predicted octanol–water partition coefficient (Wildman–Crippen LogP) is 4.86. The first kappa shape index (κ1) is 27.1. The Balaban J connectivity index is 1.07. The van der Waals surface area contributed by atoms with Gasteiger partial charge in [-0.15, -0.1) is 0 Å². The van der Waals surface area contributed by atoms with E-state index in [0.717, 1.165) is 62.4 Å². The number of ether oxygens (including phenoxy) is 1. The fourth-order valence-electron chi connectivity index (χ4n) is 9.73. The molecule has 0 spiro atoms. The van der Waals surface area contributed by atoms with Crippen molar-refractivity contribution in [2.45, 2.75) is 93.7 Å². The molecule has 0 amide bonds. The second kappa shape index (κ2) is 9.88. The number of phenolic OH excluding ortho intramolecular Hbond substituents is 1. The number of alkyl halides is 1. The molecule has 8 nitrogen and oxygen atoms in total. The highest BCUT2D eigenvalue weighted by Crippen LogP contribution is 2.55. The third-order valence-corrected chi connectivity index (χ3v) is 11.6. The number of benzene rings is 2. The molecule has 1 saturated carbocycles. The van der Waals surface area contributed by atoms with Crippen molar-refractivity contribution in [2.24, 2.45) is 0 Å². The number of anilines is 2. The van der Waals surface area contributed by atoms with Crippen molar-refractivity contribution in [3.63, 3.8) is 0 Å². The molecular weight excluding hydrogens is 562 g/mol. The number of nitrogens with zero attached hydrogens (tertiary/aromatic N) is 5. The van der Waals surface area contributed by atoms with E-state index in [4.69, 9.17) is 14.7 Å². The molecule has 0 radical (unpaired) electrons. The van der Waals surface area contributed by atoms with E-state index >= 15 is 8.78 Å². The molecule has 5 atom stereocenters. The molecule has 6 heterocycles. The molecule has 10 heteroatoms. The van der Waals surface area contributed by atoms with E-state index in [0.29, 0.717) is 73.5 Å². The Bertz CT molecular complexity index is 1630. The van der Waals surface area contributed by atoms with Gasteiger partial charge < -0.3 is 25.0 Å². The summed E-state index contributed by atoms with van der Waals surface area (Å²) in [5.41, 5.74) is 1.26. The summed E-state index contributed by atoms with van der Waals surface area (Å²) in [6, 6.07) is 9.50. The lowest BCUT2D eigenvalue weighted by atomic mass is 9.88. The number of hydrogen-bond acceptors (Lipinski definition) is 8. The van der Waals surface area contributed by atoms with E-state index in [2.05, 4.69) is 20.0 Å². The molecule has 2 bridgehead atoms. The van der Waals surface area contributed by atoms with Crippen molar-refractivity contribution >= 4 is 22.3 Å². The molecule has 5 aliphatic heterocycles. The van der Waals surface area contributed by atoms with Gasteiger partial charge in [0, 0.05) is 61.2 Å². The van der Waals surface area contributed by atoms with Crippen LogP contribution in [0.15, 0.2) is 30.3 Å². The first-order valence-electron chi connectivity index (χ1n) is 16.5. The highest BCUT2D eigenvalue weighted by atomic mass is 19.1. The van der Waals surface area contributed by atoms with Crippen molar-refractivity contribution in [3.8, 4) is 11.8 Å². The lowest BCUT2D eigenvalue weighted by Crippen LogP contribution is -2.52. The van der Waals surface area contributed by atoms with Gasteiger partial charge in [0.05, 0.1) is 23.5 Å². The Morgan fingerprint density at radius 3 is 2.75 bits per heavy atom. The number of hydrogen-bond donors (Lipinski definition) is 2. The van der Waals surface area contributed by atoms with Gasteiger partial charge in [-0.25, -0.2) is 8.78 Å². The molecule has 1 aliphatic carbocycles. The normalized spacial score (nSPS) is 32.7. The number of aromatic hydroxyl groups is 1. The van der Waals surface area contributed by atoms with Crippen LogP contribution in [0.2, 0.25) is 0 Å². The summed E-state index contributed by atoms with van der Waals surface area (Å²) in [5.74, 6) is 0.750. The van der Waals surface area contributed by atoms with Crippen molar-refractivity contribution in [1.29, 1.82) is 0 Å². The first-order chi connectivity index (χ1) is 21.4. The topological polar surface area (TPSA) is 77.0 Å². The number of phenols is 1. The molecule has 5 fully saturated rings. The van der Waals surface area contributed by atoms with Crippen LogP contribution in [0, 0.1) is 5.82 Å². The lowest BCUT2D eigenvalue weighted by molar-refractivity contribution is 0.0808. The van der Waals surface area contributed by atoms with Gasteiger partial charge in [-0.2, -0.15) is 9.97 Å². The van der Waals surface area contributed by atoms with Gasteiger partial charge in [-0.3, -0.25) is 4.90 Å². The second-order valence-corrected chi connectivity index (χ2v) is 14.2. The zero-order valence-electron chi connectivity index (χ0n) is 25.1. The third kappa shape index (κ3) is 4.20. The van der Waals surface area contributed by atoms with Gasteiger partial charge in [-0.05, 0) is 75.4 Å². The van der Waals surface area contributed by atoms with E-state index in [1.807, 2.05) is 6.07 Å². The van der Waals surface area contributed by atoms with E-state index < -0.39 is 5.67 Å². The summed E-state index contributed by atoms with van der Waals surface area (Å²) in [5, 5.41) is 15.4. The molecule has 2 unspecified atom stereocenters. The first-order valence-corrected chi connectivity index (χ1v) is 16.5. The summed E-state index contributed by atoms with van der Waals surface area (Å²) in [4.78, 5) is 17.0. The average Bonchev–Trinajstić information content (AvgIpc) is 3.73. The van der Waals surface area contributed by atoms with Crippen LogP contribution in [0.5, 0.6) is 11.8 Å². The highest BCUT2D eigenvalue weighted by Gasteiger charge is 2.63. The molecule has 4 saturated heterocycles. The molecule has 2 aromatic carbocycles. The van der Waals surface area contributed by atoms with E-state index in [1.54, 1.807) is 18.2 Å². The molecule has 44 heavy (non-hydrogen) atoms. The van der Waals surface area contributed by atoms with Crippen molar-refractivity contribution < 1.29 is 18.6 Å². The second-order valence-electron chi connectivity index (χ2n) is 14.2. The zero-order valence-corrected chi connectivity index (χ0v) is 25.1. The van der Waals surface area contributed by atoms with Crippen LogP contribution in [0.1, 0.15) is 62.6 Å². The maximum atomic E-state index is 16.0. The molecule has 3 aromatic rings. The fraction of sp³-hybridized carbons (Fsp3) is 0.588. The number of aromatic nitrogens is 2. The van der Waals surface area contributed by atoms with E-state index in [1.165, 1.54) is 18.9 Å². The minimum atomic E-state index is -1.11. The molecule has 1 aromatic heterocycles. The van der Waals surface area contributed by atoms with Crippen molar-refractivity contribution in [3.05, 3.63) is 47.4 Å². The monoisotopic (exact) mass is 602 g/mol. The average molecular weight is 603 g/mol. The Kier molecular flexibility index (Phi) is 6.08. The number of rotatable bonds is 5. The number of piperazine rings is 1. The van der Waals surface area contributed by atoms with E-state index in [-0.39, 0.29) is 23.1 Å². The Morgan fingerprint density at radius 1 is 1.02 bits per heavy atom. The Morgan fingerprint density at radius 2 is 1.89 bits per heavy atom. The summed E-state index contributed by atoms with van der Waals surface area (Å²) in [7, 11) is 0. The van der Waals surface area contributed by atoms with Crippen LogP contribution in [0.4, 0.5) is 20.3 Å². The maximum absolute atomic E-state index is 16.0. The summed E-state index contributed by atoms with van der Waals surface area (Å²) < 4.78 is 37.7. The minimum Gasteiger partial charge on any atom is -0.508 e. The third-order valence-electron chi connectivity index (χ3n) is 11.6. The van der Waals surface area contributed by atoms with Gasteiger partial charge in [0.25, 0.3) is 0 Å². The van der Waals surface area contributed by atoms with Gasteiger partial charge in [-0.1, -0.05) is 12.1 Å². The lowest BCUT2D eigenvalue weighted by Gasteiger charge is -2.38. The maximum Gasteiger partial charge on any atom is 0.318 e. The Labute approximate surface area is 256 Å². The van der Waals surface area contributed by atoms with Crippen LogP contribution < -0.4 is 19.9 Å². The molecule has 232 valence electrons. The largest absolute Gasteiger partial charge is 0.508 e. The molecule has 2 N–H and O–H groups in total. The van der Waals surface area contributed by atoms with Crippen LogP contribution in [-0.4, -0.2) is 82.1 Å². The highest BCUT2D eigenvalue weighted by molar-refractivity contribution is 5.96. The minimum absolute atomic E-state index is 0.0102. The summed E-state index contributed by atoms with van der Waals surface area (Å²) in [6.45, 7) is 4.24. The van der Waals surface area contributed by atoms with Gasteiger partial charge >= 0.3 is 6.01 Å². The summed E-state index contributed by atoms with van der Waals surface area (Å²) in [6.07, 6.45) is 8.15. The smallest absolute Gasteiger partial charge is 0.318 e. The summed E-state index contributed by atoms with van der Waals surface area (Å²) >= 11 is 0. The van der Waals surface area contributed by atoms with E-state index in [9.17, 15) is 5.11 Å². The molecule has 9 rings (SSSR count). The number of nitrogens with one attached hydrogen (secondary N) is 1. The van der Waals surface area contributed by atoms with Crippen LogP contribution in [-0.2, 0) is 13.0 Å². The van der Waals surface area contributed by atoms with Crippen LogP contribution in [0.25, 0.3) is 10.8 Å². The van der Waals surface area contributed by atoms with Crippen LogP contribution in [0.3, 0.4) is 0 Å². The fourth-order valence-corrected chi connectivity index (χ4v) is 9.73. The van der Waals surface area contributed by atoms with Crippen LogP contribution >= 0.6 is 0 Å². The van der Waals surface area contributed by atoms with Gasteiger partial charge in [0.1, 0.15) is 29.7 Å². The van der Waals surface area contributed by atoms with Crippen molar-refractivity contribution in [2.75, 3.05) is 42.6 Å². The molecular formula is C34H40F2N6O2.